The minimum Gasteiger partial charge on any atom is -0.336 e. The first kappa shape index (κ1) is 22.0. The second-order valence-electron chi connectivity index (χ2n) is 8.33. The lowest BCUT2D eigenvalue weighted by atomic mass is 10.0. The number of aliphatic imine (C=N–C) groups is 1. The van der Waals surface area contributed by atoms with Crippen molar-refractivity contribution in [2.75, 3.05) is 31.7 Å². The minimum absolute atomic E-state index is 0.149. The van der Waals surface area contributed by atoms with Gasteiger partial charge < -0.3 is 9.80 Å². The van der Waals surface area contributed by atoms with Gasteiger partial charge in [-0.3, -0.25) is 20.0 Å². The van der Waals surface area contributed by atoms with Crippen LogP contribution in [0.4, 0.5) is 5.69 Å². The Bertz CT molecular complexity index is 957. The van der Waals surface area contributed by atoms with Crippen molar-refractivity contribution >= 4 is 23.3 Å². The van der Waals surface area contributed by atoms with Gasteiger partial charge in [-0.25, -0.2) is 10.0 Å². The van der Waals surface area contributed by atoms with E-state index >= 15 is 0 Å². The van der Waals surface area contributed by atoms with Crippen molar-refractivity contribution in [1.82, 2.24) is 20.2 Å². The number of hydrogen-bond acceptors (Lipinski definition) is 6. The number of aromatic nitrogens is 1. The average molecular weight is 435 g/mol. The van der Waals surface area contributed by atoms with Gasteiger partial charge in [0.05, 0.1) is 5.69 Å². The van der Waals surface area contributed by atoms with Gasteiger partial charge in [0.15, 0.2) is 0 Å². The first-order valence-corrected chi connectivity index (χ1v) is 11.2. The molecule has 8 heteroatoms. The van der Waals surface area contributed by atoms with Crippen LogP contribution in [0.1, 0.15) is 25.5 Å². The van der Waals surface area contributed by atoms with Gasteiger partial charge in [0.1, 0.15) is 6.04 Å². The largest absolute Gasteiger partial charge is 0.336 e. The topological polar surface area (TPSA) is 81.1 Å². The second kappa shape index (κ2) is 9.91. The van der Waals surface area contributed by atoms with Crippen LogP contribution < -0.4 is 10.4 Å². The highest BCUT2D eigenvalue weighted by atomic mass is 16.2. The molecule has 1 unspecified atom stereocenters. The van der Waals surface area contributed by atoms with E-state index in [2.05, 4.69) is 26.4 Å². The average Bonchev–Trinajstić information content (AvgIpc) is 2.85. The van der Waals surface area contributed by atoms with E-state index in [0.29, 0.717) is 5.69 Å². The predicted molar refractivity (Wildman–Crippen MR) is 124 cm³/mol. The minimum atomic E-state index is -0.614. The zero-order valence-corrected chi connectivity index (χ0v) is 18.6. The van der Waals surface area contributed by atoms with Gasteiger partial charge in [-0.15, -0.1) is 0 Å². The van der Waals surface area contributed by atoms with Crippen LogP contribution in [0.3, 0.4) is 0 Å². The molecule has 2 aliphatic heterocycles. The molecular formula is C24H30N6O2. The Hall–Kier alpha value is -3.26. The molecule has 1 N–H and O–H groups in total. The number of pyridine rings is 1. The molecule has 0 saturated carbocycles. The Balaban J connectivity index is 1.33. The lowest BCUT2D eigenvalue weighted by Gasteiger charge is -2.38. The first-order valence-electron chi connectivity index (χ1n) is 11.2. The molecular weight excluding hydrogens is 404 g/mol. The first-order chi connectivity index (χ1) is 15.5. The van der Waals surface area contributed by atoms with E-state index in [4.69, 9.17) is 0 Å². The Morgan fingerprint density at radius 3 is 2.53 bits per heavy atom. The summed E-state index contributed by atoms with van der Waals surface area (Å²) in [5.74, 6) is -0.158. The molecule has 8 nitrogen and oxygen atoms in total. The number of benzene rings is 1. The molecule has 0 aliphatic carbocycles. The number of likely N-dealkylation sites (N-methyl/N-ethyl adjacent to an activating group) is 1. The van der Waals surface area contributed by atoms with Crippen LogP contribution in [0.5, 0.6) is 0 Å². The molecule has 4 rings (SSSR count). The Morgan fingerprint density at radius 1 is 1.12 bits per heavy atom. The molecule has 2 aliphatic rings. The molecule has 3 heterocycles. The summed E-state index contributed by atoms with van der Waals surface area (Å²) >= 11 is 0. The number of amides is 2. The van der Waals surface area contributed by atoms with Gasteiger partial charge in [0.25, 0.3) is 11.8 Å². The maximum absolute atomic E-state index is 13.2. The van der Waals surface area contributed by atoms with E-state index in [0.717, 1.165) is 44.6 Å². The van der Waals surface area contributed by atoms with Crippen molar-refractivity contribution < 1.29 is 9.59 Å². The third kappa shape index (κ3) is 4.96. The molecule has 1 aromatic carbocycles. The van der Waals surface area contributed by atoms with Gasteiger partial charge in [0, 0.05) is 51.0 Å². The molecule has 1 fully saturated rings. The molecule has 1 saturated heterocycles. The van der Waals surface area contributed by atoms with Gasteiger partial charge in [-0.2, -0.15) is 0 Å². The highest BCUT2D eigenvalue weighted by Crippen LogP contribution is 2.19. The van der Waals surface area contributed by atoms with Crippen LogP contribution in [0.2, 0.25) is 0 Å². The number of likely N-dealkylation sites (tertiary alicyclic amines) is 1. The Labute approximate surface area is 188 Å². The standard InChI is InChI=1S/C24H30N6O2/c1-18-23(31)30(21-9-4-3-5-10-21)27-22(26-18)24(32)28(2)20-12-16-29(17-13-20)15-11-19-8-6-7-14-25-19/h3-10,14,18,20H,11-13,15-17H2,1-2H3,(H,26,27). The lowest BCUT2D eigenvalue weighted by Crippen LogP contribution is -2.59. The predicted octanol–water partition coefficient (Wildman–Crippen LogP) is 1.89. The van der Waals surface area contributed by atoms with E-state index in [1.807, 2.05) is 55.7 Å². The quantitative estimate of drug-likeness (QED) is 0.751. The number of anilines is 1. The fourth-order valence-corrected chi connectivity index (χ4v) is 4.18. The van der Waals surface area contributed by atoms with Crippen molar-refractivity contribution in [3.8, 4) is 0 Å². The van der Waals surface area contributed by atoms with Crippen molar-refractivity contribution in [2.45, 2.75) is 38.3 Å². The van der Waals surface area contributed by atoms with Gasteiger partial charge in [-0.05, 0) is 44.0 Å². The zero-order chi connectivity index (χ0) is 22.5. The number of nitrogens with one attached hydrogen (secondary N) is 1. The molecule has 0 bridgehead atoms. The number of hydrogen-bond donors (Lipinski definition) is 1. The van der Waals surface area contributed by atoms with E-state index in [-0.39, 0.29) is 23.7 Å². The van der Waals surface area contributed by atoms with E-state index < -0.39 is 6.04 Å². The molecule has 2 amide bonds. The molecule has 32 heavy (non-hydrogen) atoms. The number of nitrogens with zero attached hydrogens (tertiary/aromatic N) is 5. The normalized spacial score (nSPS) is 19.9. The third-order valence-electron chi connectivity index (χ3n) is 6.17. The highest BCUT2D eigenvalue weighted by molar-refractivity contribution is 6.39. The van der Waals surface area contributed by atoms with Gasteiger partial charge >= 0.3 is 0 Å². The number of carbonyl (C=O) groups excluding carboxylic acids is 2. The summed E-state index contributed by atoms with van der Waals surface area (Å²) in [7, 11) is 1.83. The van der Waals surface area contributed by atoms with Crippen LogP contribution >= 0.6 is 0 Å². The second-order valence-corrected chi connectivity index (χ2v) is 8.33. The van der Waals surface area contributed by atoms with Crippen LogP contribution in [-0.2, 0) is 16.0 Å². The fraction of sp³-hybridized carbons (Fsp3) is 0.417. The maximum Gasteiger partial charge on any atom is 0.290 e. The van der Waals surface area contributed by atoms with Crippen molar-refractivity contribution in [1.29, 1.82) is 0 Å². The monoisotopic (exact) mass is 434 g/mol. The number of para-hydroxylation sites is 1. The Morgan fingerprint density at radius 2 is 1.84 bits per heavy atom. The molecule has 168 valence electrons. The van der Waals surface area contributed by atoms with Crippen molar-refractivity contribution in [3.05, 3.63) is 60.4 Å². The molecule has 0 spiro atoms. The lowest BCUT2D eigenvalue weighted by molar-refractivity contribution is -0.126. The smallest absolute Gasteiger partial charge is 0.290 e. The summed E-state index contributed by atoms with van der Waals surface area (Å²) in [4.78, 5) is 38.7. The van der Waals surface area contributed by atoms with Crippen LogP contribution in [0.15, 0.2) is 59.7 Å². The van der Waals surface area contributed by atoms with Crippen molar-refractivity contribution in [2.24, 2.45) is 4.99 Å². The van der Waals surface area contributed by atoms with Crippen LogP contribution in [0.25, 0.3) is 0 Å². The molecule has 1 aromatic heterocycles. The van der Waals surface area contributed by atoms with E-state index in [1.165, 1.54) is 5.01 Å². The van der Waals surface area contributed by atoms with Gasteiger partial charge in [-0.1, -0.05) is 24.3 Å². The van der Waals surface area contributed by atoms with Crippen LogP contribution in [-0.4, -0.2) is 71.2 Å². The SMILES string of the molecule is CC1N=C(C(=O)N(C)C2CCN(CCc3ccccn3)CC2)NN(c2ccccc2)C1=O. The number of piperidine rings is 1. The summed E-state index contributed by atoms with van der Waals surface area (Å²) in [5.41, 5.74) is 4.74. The zero-order valence-electron chi connectivity index (χ0n) is 18.6. The van der Waals surface area contributed by atoms with Gasteiger partial charge in [0.2, 0.25) is 5.84 Å². The summed E-state index contributed by atoms with van der Waals surface area (Å²) < 4.78 is 0. The van der Waals surface area contributed by atoms with Crippen LogP contribution in [0, 0.1) is 0 Å². The summed E-state index contributed by atoms with van der Waals surface area (Å²) in [6.07, 6.45) is 4.59. The highest BCUT2D eigenvalue weighted by Gasteiger charge is 2.34. The van der Waals surface area contributed by atoms with E-state index in [9.17, 15) is 9.59 Å². The number of amidine groups is 1. The Kier molecular flexibility index (Phi) is 6.80. The number of hydrazine groups is 1. The summed E-state index contributed by atoms with van der Waals surface area (Å²) in [5, 5.41) is 1.42. The number of carbonyl (C=O) groups is 2. The van der Waals surface area contributed by atoms with Crippen molar-refractivity contribution in [3.63, 3.8) is 0 Å². The van der Waals surface area contributed by atoms with E-state index in [1.54, 1.807) is 11.8 Å². The maximum atomic E-state index is 13.2. The molecule has 0 radical (unpaired) electrons. The summed E-state index contributed by atoms with van der Waals surface area (Å²) in [6, 6.07) is 14.8. The number of rotatable bonds is 6. The molecule has 2 aromatic rings. The molecule has 1 atom stereocenters. The third-order valence-corrected chi connectivity index (χ3v) is 6.17. The summed E-state index contributed by atoms with van der Waals surface area (Å²) in [6.45, 7) is 4.58. The fourth-order valence-electron chi connectivity index (χ4n) is 4.18.